The van der Waals surface area contributed by atoms with Crippen LogP contribution >= 0.6 is 12.4 Å². The molecule has 6 heteroatoms. The van der Waals surface area contributed by atoms with Gasteiger partial charge >= 0.3 is 0 Å². The molecule has 0 radical (unpaired) electrons. The van der Waals surface area contributed by atoms with Gasteiger partial charge in [-0.3, -0.25) is 0 Å². The van der Waals surface area contributed by atoms with Crippen LogP contribution in [0.4, 0.5) is 0 Å². The third kappa shape index (κ3) is 3.90. The summed E-state index contributed by atoms with van der Waals surface area (Å²) in [7, 11) is -3.34. The summed E-state index contributed by atoms with van der Waals surface area (Å²) < 4.78 is 27.6. The van der Waals surface area contributed by atoms with Gasteiger partial charge in [0.1, 0.15) is 0 Å². The van der Waals surface area contributed by atoms with Crippen LogP contribution in [-0.4, -0.2) is 38.4 Å². The first-order chi connectivity index (χ1) is 11.6. The highest BCUT2D eigenvalue weighted by atomic mass is 35.5. The highest BCUT2D eigenvalue weighted by molar-refractivity contribution is 7.89. The first kappa shape index (κ1) is 19.2. The third-order valence-corrected chi connectivity index (χ3v) is 8.09. The van der Waals surface area contributed by atoms with Crippen molar-refractivity contribution in [3.63, 3.8) is 0 Å². The van der Waals surface area contributed by atoms with Gasteiger partial charge in [-0.1, -0.05) is 31.4 Å². The Morgan fingerprint density at radius 1 is 0.960 bits per heavy atom. The lowest BCUT2D eigenvalue weighted by atomic mass is 9.84. The second-order valence-electron chi connectivity index (χ2n) is 7.67. The van der Waals surface area contributed by atoms with Crippen LogP contribution in [0.2, 0.25) is 0 Å². The van der Waals surface area contributed by atoms with Crippen molar-refractivity contribution in [1.29, 1.82) is 0 Å². The Balaban J connectivity index is 0.00000182. The SMILES string of the molecule is Cl.O=S(=O)(c1ccc(C2CCCCC2)cc1)N1CCC2NCCC2C1. The third-order valence-electron chi connectivity index (χ3n) is 6.21. The van der Waals surface area contributed by atoms with Crippen LogP contribution in [0.15, 0.2) is 29.2 Å². The number of halogens is 1. The number of nitrogens with zero attached hydrogens (tertiary/aromatic N) is 1. The summed E-state index contributed by atoms with van der Waals surface area (Å²) in [4.78, 5) is 0.464. The van der Waals surface area contributed by atoms with Crippen molar-refractivity contribution in [2.45, 2.75) is 61.8 Å². The van der Waals surface area contributed by atoms with Gasteiger partial charge in [0.25, 0.3) is 0 Å². The van der Waals surface area contributed by atoms with Crippen LogP contribution in [0.3, 0.4) is 0 Å². The molecular weight excluding hydrogens is 356 g/mol. The molecule has 4 rings (SSSR count). The first-order valence-electron chi connectivity index (χ1n) is 9.48. The van der Waals surface area contributed by atoms with E-state index in [9.17, 15) is 8.42 Å². The summed E-state index contributed by atoms with van der Waals surface area (Å²) >= 11 is 0. The summed E-state index contributed by atoms with van der Waals surface area (Å²) in [5, 5.41) is 3.49. The monoisotopic (exact) mass is 384 g/mol. The second kappa shape index (κ2) is 7.95. The molecule has 0 amide bonds. The van der Waals surface area contributed by atoms with E-state index in [1.54, 1.807) is 4.31 Å². The molecule has 2 saturated heterocycles. The van der Waals surface area contributed by atoms with Crippen LogP contribution in [0, 0.1) is 5.92 Å². The number of sulfonamides is 1. The van der Waals surface area contributed by atoms with E-state index in [2.05, 4.69) is 5.32 Å². The number of benzene rings is 1. The largest absolute Gasteiger partial charge is 0.314 e. The number of piperidine rings is 1. The van der Waals surface area contributed by atoms with Crippen molar-refractivity contribution < 1.29 is 8.42 Å². The van der Waals surface area contributed by atoms with Crippen molar-refractivity contribution in [2.75, 3.05) is 19.6 Å². The molecule has 2 unspecified atom stereocenters. The minimum Gasteiger partial charge on any atom is -0.314 e. The predicted molar refractivity (Wildman–Crippen MR) is 103 cm³/mol. The van der Waals surface area contributed by atoms with E-state index < -0.39 is 10.0 Å². The molecule has 1 saturated carbocycles. The van der Waals surface area contributed by atoms with Crippen molar-refractivity contribution >= 4 is 22.4 Å². The molecule has 3 fully saturated rings. The Kier molecular flexibility index (Phi) is 6.09. The summed E-state index contributed by atoms with van der Waals surface area (Å²) in [6, 6.07) is 8.28. The average Bonchev–Trinajstić information content (AvgIpc) is 3.10. The van der Waals surface area contributed by atoms with Gasteiger partial charge in [0.05, 0.1) is 4.90 Å². The molecule has 140 valence electrons. The lowest BCUT2D eigenvalue weighted by molar-refractivity contribution is 0.247. The molecule has 4 nitrogen and oxygen atoms in total. The van der Waals surface area contributed by atoms with E-state index in [0.717, 1.165) is 19.4 Å². The van der Waals surface area contributed by atoms with Gasteiger partial charge < -0.3 is 5.32 Å². The standard InChI is InChI=1S/C19H28N2O2S.ClH/c22-24(23,21-13-11-19-17(14-21)10-12-20-19)18-8-6-16(7-9-18)15-4-2-1-3-5-15;/h6-9,15,17,19-20H,1-5,10-14H2;1H. The van der Waals surface area contributed by atoms with Crippen molar-refractivity contribution in [3.8, 4) is 0 Å². The maximum atomic E-state index is 13.0. The minimum absolute atomic E-state index is 0. The summed E-state index contributed by atoms with van der Waals surface area (Å²) in [6.45, 7) is 2.34. The molecular formula is C19H29ClN2O2S. The zero-order chi connectivity index (χ0) is 16.6. The van der Waals surface area contributed by atoms with Gasteiger partial charge in [-0.25, -0.2) is 8.42 Å². The van der Waals surface area contributed by atoms with Gasteiger partial charge in [-0.15, -0.1) is 12.4 Å². The Morgan fingerprint density at radius 3 is 2.40 bits per heavy atom. The smallest absolute Gasteiger partial charge is 0.243 e. The predicted octanol–water partition coefficient (Wildman–Crippen LogP) is 3.53. The zero-order valence-electron chi connectivity index (χ0n) is 14.7. The van der Waals surface area contributed by atoms with Crippen LogP contribution in [-0.2, 0) is 10.0 Å². The lowest BCUT2D eigenvalue weighted by Gasteiger charge is -2.34. The fourth-order valence-corrected chi connectivity index (χ4v) is 6.24. The van der Waals surface area contributed by atoms with Crippen LogP contribution in [0.25, 0.3) is 0 Å². The van der Waals surface area contributed by atoms with E-state index in [-0.39, 0.29) is 12.4 Å². The topological polar surface area (TPSA) is 49.4 Å². The molecule has 0 spiro atoms. The van der Waals surface area contributed by atoms with E-state index in [4.69, 9.17) is 0 Å². The average molecular weight is 385 g/mol. The quantitative estimate of drug-likeness (QED) is 0.867. The van der Waals surface area contributed by atoms with Crippen LogP contribution < -0.4 is 5.32 Å². The molecule has 1 N–H and O–H groups in total. The summed E-state index contributed by atoms with van der Waals surface area (Å²) in [5.41, 5.74) is 1.31. The van der Waals surface area contributed by atoms with E-state index in [1.807, 2.05) is 24.3 Å². The van der Waals surface area contributed by atoms with Crippen molar-refractivity contribution in [1.82, 2.24) is 9.62 Å². The van der Waals surface area contributed by atoms with Gasteiger partial charge in [0.15, 0.2) is 0 Å². The Bertz CT molecular complexity index is 671. The first-order valence-corrected chi connectivity index (χ1v) is 10.9. The molecule has 2 atom stereocenters. The lowest BCUT2D eigenvalue weighted by Crippen LogP contribution is -2.46. The van der Waals surface area contributed by atoms with Crippen LogP contribution in [0.1, 0.15) is 56.4 Å². The molecule has 0 aromatic heterocycles. The number of hydrogen-bond donors (Lipinski definition) is 1. The fraction of sp³-hybridized carbons (Fsp3) is 0.684. The molecule has 25 heavy (non-hydrogen) atoms. The highest BCUT2D eigenvalue weighted by Crippen LogP contribution is 2.34. The zero-order valence-corrected chi connectivity index (χ0v) is 16.3. The van der Waals surface area contributed by atoms with Gasteiger partial charge in [0, 0.05) is 19.1 Å². The van der Waals surface area contributed by atoms with Gasteiger partial charge in [0.2, 0.25) is 10.0 Å². The van der Waals surface area contributed by atoms with Crippen LogP contribution in [0.5, 0.6) is 0 Å². The van der Waals surface area contributed by atoms with E-state index in [0.29, 0.717) is 35.9 Å². The molecule has 1 aromatic rings. The minimum atomic E-state index is -3.34. The Labute approximate surface area is 157 Å². The maximum Gasteiger partial charge on any atom is 0.243 e. The summed E-state index contributed by atoms with van der Waals surface area (Å²) in [5.74, 6) is 1.10. The Hall–Kier alpha value is -0.620. The van der Waals surface area contributed by atoms with Gasteiger partial charge in [-0.2, -0.15) is 4.31 Å². The maximum absolute atomic E-state index is 13.0. The van der Waals surface area contributed by atoms with E-state index >= 15 is 0 Å². The molecule has 0 bridgehead atoms. The molecule has 1 aliphatic carbocycles. The normalized spacial score (nSPS) is 28.3. The number of nitrogens with one attached hydrogen (secondary N) is 1. The number of rotatable bonds is 3. The summed E-state index contributed by atoms with van der Waals surface area (Å²) in [6.07, 6.45) is 8.46. The fourth-order valence-electron chi connectivity index (χ4n) is 4.73. The molecule has 2 aliphatic heterocycles. The number of hydrogen-bond acceptors (Lipinski definition) is 3. The number of fused-ring (bicyclic) bond motifs is 1. The molecule has 1 aromatic carbocycles. The highest BCUT2D eigenvalue weighted by Gasteiger charge is 2.37. The van der Waals surface area contributed by atoms with Crippen molar-refractivity contribution in [2.24, 2.45) is 5.92 Å². The molecule has 2 heterocycles. The van der Waals surface area contributed by atoms with Crippen molar-refractivity contribution in [3.05, 3.63) is 29.8 Å². The second-order valence-corrected chi connectivity index (χ2v) is 9.60. The Morgan fingerprint density at radius 2 is 1.68 bits per heavy atom. The van der Waals surface area contributed by atoms with Gasteiger partial charge in [-0.05, 0) is 61.8 Å². The van der Waals surface area contributed by atoms with E-state index in [1.165, 1.54) is 37.7 Å². The molecule has 3 aliphatic rings.